The number of benzene rings is 3. The topological polar surface area (TPSA) is 82.8 Å². The van der Waals surface area contributed by atoms with Crippen molar-refractivity contribution in [2.45, 2.75) is 32.6 Å². The van der Waals surface area contributed by atoms with Gasteiger partial charge in [0.1, 0.15) is 0 Å². The molecule has 0 amide bonds. The van der Waals surface area contributed by atoms with E-state index in [-0.39, 0.29) is 5.56 Å². The molecule has 4 rings (SSSR count). The van der Waals surface area contributed by atoms with Crippen molar-refractivity contribution in [3.63, 3.8) is 0 Å². The van der Waals surface area contributed by atoms with Crippen LogP contribution in [0.25, 0.3) is 11.1 Å². The molecule has 0 aliphatic carbocycles. The maximum Gasteiger partial charge on any atom is 0.335 e. The van der Waals surface area contributed by atoms with Gasteiger partial charge < -0.3 is 10.3 Å². The minimum absolute atomic E-state index is 0.260. The van der Waals surface area contributed by atoms with E-state index in [4.69, 9.17) is 0 Å². The minimum atomic E-state index is -0.941. The van der Waals surface area contributed by atoms with Gasteiger partial charge in [0.05, 0.1) is 11.0 Å². The van der Waals surface area contributed by atoms with E-state index in [9.17, 15) is 15.1 Å². The van der Waals surface area contributed by atoms with Gasteiger partial charge >= 0.3 is 5.97 Å². The number of aryl methyl sites for hydroxylation is 3. The van der Waals surface area contributed by atoms with Crippen LogP contribution < -0.4 is 0 Å². The fraction of sp³-hybridized carbons (Fsp3) is 0.167. The molecular formula is C30H28N2O3. The van der Waals surface area contributed by atoms with E-state index in [0.29, 0.717) is 6.42 Å². The molecule has 0 saturated heterocycles. The molecule has 0 fully saturated rings. The van der Waals surface area contributed by atoms with Gasteiger partial charge in [0.2, 0.25) is 0 Å². The molecule has 2 N–H and O–H groups in total. The van der Waals surface area contributed by atoms with Crippen LogP contribution >= 0.6 is 0 Å². The number of aromatic nitrogens is 1. The van der Waals surface area contributed by atoms with Gasteiger partial charge in [-0.2, -0.15) is 0 Å². The van der Waals surface area contributed by atoms with Gasteiger partial charge in [-0.1, -0.05) is 60.7 Å². The highest BCUT2D eigenvalue weighted by atomic mass is 16.4. The van der Waals surface area contributed by atoms with Crippen LogP contribution in [-0.2, 0) is 5.41 Å². The summed E-state index contributed by atoms with van der Waals surface area (Å²) in [6, 6.07) is 27.7. The Kier molecular flexibility index (Phi) is 6.78. The van der Waals surface area contributed by atoms with Crippen LogP contribution in [0.15, 0.2) is 90.1 Å². The Morgan fingerprint density at radius 2 is 1.43 bits per heavy atom. The van der Waals surface area contributed by atoms with Crippen molar-refractivity contribution in [3.05, 3.63) is 124 Å². The zero-order valence-electron chi connectivity index (χ0n) is 20.1. The summed E-state index contributed by atoms with van der Waals surface area (Å²) in [6.07, 6.45) is 2.01. The van der Waals surface area contributed by atoms with E-state index in [1.54, 1.807) is 18.3 Å². The largest absolute Gasteiger partial charge is 0.478 e. The van der Waals surface area contributed by atoms with Crippen LogP contribution in [-0.4, -0.2) is 27.5 Å². The monoisotopic (exact) mass is 464 g/mol. The number of hydrogen-bond donors (Lipinski definition) is 2. The molecule has 4 aromatic rings. The molecule has 5 nitrogen and oxygen atoms in total. The smallest absolute Gasteiger partial charge is 0.335 e. The van der Waals surface area contributed by atoms with E-state index >= 15 is 0 Å². The predicted molar refractivity (Wildman–Crippen MR) is 139 cm³/mol. The van der Waals surface area contributed by atoms with Gasteiger partial charge in [0, 0.05) is 24.0 Å². The van der Waals surface area contributed by atoms with Crippen LogP contribution in [0.5, 0.6) is 0 Å². The highest BCUT2D eigenvalue weighted by molar-refractivity contribution is 5.88. The second kappa shape index (κ2) is 9.94. The van der Waals surface area contributed by atoms with Crippen LogP contribution in [0, 0.1) is 20.8 Å². The van der Waals surface area contributed by atoms with Crippen molar-refractivity contribution in [2.75, 3.05) is 0 Å². The average molecular weight is 465 g/mol. The number of pyridine rings is 1. The Bertz CT molecular complexity index is 1360. The van der Waals surface area contributed by atoms with E-state index in [1.807, 2.05) is 38.1 Å². The summed E-state index contributed by atoms with van der Waals surface area (Å²) in [5, 5.41) is 22.0. The molecule has 0 aliphatic heterocycles. The molecule has 0 unspecified atom stereocenters. The number of rotatable bonds is 7. The van der Waals surface area contributed by atoms with Gasteiger partial charge in [0.25, 0.3) is 0 Å². The normalized spacial score (nSPS) is 13.0. The zero-order valence-corrected chi connectivity index (χ0v) is 20.1. The Morgan fingerprint density at radius 1 is 0.857 bits per heavy atom. The summed E-state index contributed by atoms with van der Waals surface area (Å²) in [7, 11) is 0. The lowest BCUT2D eigenvalue weighted by molar-refractivity contribution is 0.0697. The number of hydrogen-bond acceptors (Lipinski definition) is 4. The number of carbonyl (C=O) groups is 1. The Labute approximate surface area is 205 Å². The summed E-state index contributed by atoms with van der Waals surface area (Å²) in [5.74, 6) is -0.941. The van der Waals surface area contributed by atoms with Crippen molar-refractivity contribution < 1.29 is 15.1 Å². The maximum absolute atomic E-state index is 11.2. The Hall–Kier alpha value is -4.25. The SMILES string of the molecule is Cc1cc([C@@](C/C=N/O)(c2ccc(-c3ccc(C(=O)O)cc3)cc2)c2ccccc2C)cc(C)n1. The number of aromatic carboxylic acids is 1. The fourth-order valence-corrected chi connectivity index (χ4v) is 4.89. The third-order valence-electron chi connectivity index (χ3n) is 6.50. The average Bonchev–Trinajstić information content (AvgIpc) is 2.85. The van der Waals surface area contributed by atoms with Gasteiger partial charge in [0.15, 0.2) is 0 Å². The summed E-state index contributed by atoms with van der Waals surface area (Å²) in [4.78, 5) is 15.8. The van der Waals surface area contributed by atoms with E-state index in [1.165, 1.54) is 0 Å². The highest BCUT2D eigenvalue weighted by Gasteiger charge is 2.37. The molecular weight excluding hydrogens is 436 g/mol. The lowest BCUT2D eigenvalue weighted by atomic mass is 9.66. The van der Waals surface area contributed by atoms with Crippen molar-refractivity contribution in [1.29, 1.82) is 0 Å². The quantitative estimate of drug-likeness (QED) is 0.184. The molecule has 1 atom stereocenters. The van der Waals surface area contributed by atoms with Crippen LogP contribution in [0.3, 0.4) is 0 Å². The van der Waals surface area contributed by atoms with Crippen LogP contribution in [0.4, 0.5) is 0 Å². The van der Waals surface area contributed by atoms with Crippen molar-refractivity contribution in [1.82, 2.24) is 4.98 Å². The fourth-order valence-electron chi connectivity index (χ4n) is 4.89. The first-order valence-corrected chi connectivity index (χ1v) is 11.5. The van der Waals surface area contributed by atoms with Crippen molar-refractivity contribution in [2.24, 2.45) is 5.16 Å². The third-order valence-corrected chi connectivity index (χ3v) is 6.50. The van der Waals surface area contributed by atoms with E-state index in [0.717, 1.165) is 44.8 Å². The Balaban J connectivity index is 1.92. The second-order valence-electron chi connectivity index (χ2n) is 8.82. The number of nitrogens with zero attached hydrogens (tertiary/aromatic N) is 2. The van der Waals surface area contributed by atoms with Crippen LogP contribution in [0.2, 0.25) is 0 Å². The molecule has 3 aromatic carbocycles. The number of oxime groups is 1. The molecule has 1 heterocycles. The summed E-state index contributed by atoms with van der Waals surface area (Å²) >= 11 is 0. The van der Waals surface area contributed by atoms with E-state index < -0.39 is 11.4 Å². The number of carboxylic acid groups (broad SMARTS) is 1. The van der Waals surface area contributed by atoms with Gasteiger partial charge in [-0.3, -0.25) is 4.98 Å². The maximum atomic E-state index is 11.2. The summed E-state index contributed by atoms with van der Waals surface area (Å²) in [5.41, 5.74) is 7.85. The Morgan fingerprint density at radius 3 is 1.97 bits per heavy atom. The predicted octanol–water partition coefficient (Wildman–Crippen LogP) is 6.56. The molecule has 1 aromatic heterocycles. The van der Waals surface area contributed by atoms with Crippen molar-refractivity contribution in [3.8, 4) is 11.1 Å². The van der Waals surface area contributed by atoms with Crippen LogP contribution in [0.1, 0.15) is 50.4 Å². The summed E-state index contributed by atoms with van der Waals surface area (Å²) in [6.45, 7) is 6.08. The van der Waals surface area contributed by atoms with E-state index in [2.05, 4.69) is 65.6 Å². The zero-order chi connectivity index (χ0) is 25.0. The van der Waals surface area contributed by atoms with Gasteiger partial charge in [-0.15, -0.1) is 5.16 Å². The lowest BCUT2D eigenvalue weighted by Crippen LogP contribution is -2.31. The molecule has 0 bridgehead atoms. The number of carboxylic acids is 1. The van der Waals surface area contributed by atoms with Crippen molar-refractivity contribution >= 4 is 12.2 Å². The third kappa shape index (κ3) is 4.71. The molecule has 0 spiro atoms. The molecule has 35 heavy (non-hydrogen) atoms. The highest BCUT2D eigenvalue weighted by Crippen LogP contribution is 2.44. The first kappa shape index (κ1) is 23.9. The van der Waals surface area contributed by atoms with Gasteiger partial charge in [-0.25, -0.2) is 4.79 Å². The first-order chi connectivity index (χ1) is 16.8. The standard InChI is InChI=1S/C30H28N2O3/c1-20-6-4-5-7-28(20)30(16-17-31-35,27-18-21(2)32-22(3)19-27)26-14-12-24(13-15-26)23-8-10-25(11-9-23)29(33)34/h4-15,17-19,35H,16H2,1-3H3,(H,33,34)/b31-17+/t30-/m1/s1. The molecule has 0 aliphatic rings. The second-order valence-corrected chi connectivity index (χ2v) is 8.82. The first-order valence-electron chi connectivity index (χ1n) is 11.5. The molecule has 5 heteroatoms. The minimum Gasteiger partial charge on any atom is -0.478 e. The molecule has 176 valence electrons. The molecule has 0 saturated carbocycles. The molecule has 0 radical (unpaired) electrons. The summed E-state index contributed by atoms with van der Waals surface area (Å²) < 4.78 is 0. The lowest BCUT2D eigenvalue weighted by Gasteiger charge is -2.36. The van der Waals surface area contributed by atoms with Gasteiger partial charge in [-0.05, 0) is 78.4 Å².